The molecule has 0 radical (unpaired) electrons. The molecule has 0 aromatic carbocycles. The van der Waals surface area contributed by atoms with Crippen LogP contribution in [0.5, 0.6) is 0 Å². The molecule has 0 aliphatic heterocycles. The molecule has 0 amide bonds. The van der Waals surface area contributed by atoms with Crippen LogP contribution in [0.15, 0.2) is 12.2 Å². The van der Waals surface area contributed by atoms with Gasteiger partial charge < -0.3 is 0 Å². The fraction of sp³-hybridized carbons (Fsp3) is 0.778. The van der Waals surface area contributed by atoms with Crippen molar-refractivity contribution in [2.75, 3.05) is 0 Å². The molecular weight excluding hydrogens is 399 g/mol. The van der Waals surface area contributed by atoms with Crippen molar-refractivity contribution in [3.05, 3.63) is 12.2 Å². The monoisotopic (exact) mass is 434 g/mol. The van der Waals surface area contributed by atoms with Crippen LogP contribution in [0.1, 0.15) is 59.3 Å². The zero-order valence-corrected chi connectivity index (χ0v) is 17.9. The van der Waals surface area contributed by atoms with Gasteiger partial charge in [0.25, 0.3) is 0 Å². The predicted octanol–water partition coefficient (Wildman–Crippen LogP) is 5.18. The second-order valence-corrected chi connectivity index (χ2v) is 20.6. The summed E-state index contributed by atoms with van der Waals surface area (Å²) < 4.78 is 5.03. The molecule has 0 aromatic rings. The van der Waals surface area contributed by atoms with Crippen molar-refractivity contribution in [3.63, 3.8) is 0 Å². The maximum atomic E-state index is 11.0. The Bertz CT molecular complexity index is 343. The second kappa shape index (κ2) is 12.8. The number of allylic oxidation sites excluding steroid dienone is 1. The Morgan fingerprint density at radius 1 is 0.870 bits per heavy atom. The number of rotatable bonds is 14. The summed E-state index contributed by atoms with van der Waals surface area (Å²) in [6.45, 7) is 6.66. The molecule has 0 heterocycles. The Morgan fingerprint density at radius 2 is 1.26 bits per heavy atom. The van der Waals surface area contributed by atoms with E-state index in [-0.39, 0.29) is 0 Å². The molecule has 0 bridgehead atoms. The molecule has 0 rings (SSSR count). The third-order valence-corrected chi connectivity index (χ3v) is 19.8. The number of hydrogen-bond acceptors (Lipinski definition) is 2. The SMILES string of the molecule is CCC[CH2][Sn]([CH2]C=CC(C(=O)O)C(=O)O)([CH2]CCC)[CH2]CCC. The van der Waals surface area contributed by atoms with E-state index >= 15 is 0 Å². The van der Waals surface area contributed by atoms with Crippen LogP contribution in [0, 0.1) is 5.92 Å². The van der Waals surface area contributed by atoms with E-state index < -0.39 is 36.2 Å². The average Bonchev–Trinajstić information content (AvgIpc) is 2.51. The van der Waals surface area contributed by atoms with Crippen molar-refractivity contribution < 1.29 is 19.8 Å². The van der Waals surface area contributed by atoms with Gasteiger partial charge in [0.05, 0.1) is 0 Å². The van der Waals surface area contributed by atoms with E-state index in [4.69, 9.17) is 10.2 Å². The van der Waals surface area contributed by atoms with E-state index in [0.717, 1.165) is 4.44 Å². The first-order valence-corrected chi connectivity index (χ1v) is 17.1. The second-order valence-electron chi connectivity index (χ2n) is 6.60. The molecule has 5 heteroatoms. The Hall–Kier alpha value is -0.521. The quantitative estimate of drug-likeness (QED) is 0.225. The molecule has 23 heavy (non-hydrogen) atoms. The standard InChI is InChI=1S/C6H7O4.3C4H9.Sn/c1-2-3-4(5(7)8)6(9)10;3*1-3-4-2;/h2-4H,1H2,(H,7,8)(H,9,10);3*1,3-4H2,2H3;. The molecule has 0 aromatic heterocycles. The zero-order chi connectivity index (χ0) is 17.7. The normalized spacial score (nSPS) is 12.2. The van der Waals surface area contributed by atoms with Gasteiger partial charge in [0.2, 0.25) is 0 Å². The minimum absolute atomic E-state index is 0.992. The van der Waals surface area contributed by atoms with Crippen molar-refractivity contribution in [1.29, 1.82) is 0 Å². The number of unbranched alkanes of at least 4 members (excludes halogenated alkanes) is 3. The van der Waals surface area contributed by atoms with Crippen LogP contribution in [-0.2, 0) is 9.59 Å². The molecular formula is C18H34O4Sn. The van der Waals surface area contributed by atoms with Gasteiger partial charge in [-0.2, -0.15) is 0 Å². The van der Waals surface area contributed by atoms with Crippen molar-refractivity contribution in [1.82, 2.24) is 0 Å². The van der Waals surface area contributed by atoms with Crippen molar-refractivity contribution in [3.8, 4) is 0 Å². The summed E-state index contributed by atoms with van der Waals surface area (Å²) in [7, 11) is 0. The van der Waals surface area contributed by atoms with Crippen molar-refractivity contribution >= 4 is 30.3 Å². The fourth-order valence-corrected chi connectivity index (χ4v) is 18.2. The molecule has 0 saturated heterocycles. The number of aliphatic carboxylic acids is 2. The summed E-state index contributed by atoms with van der Waals surface area (Å²) in [5.41, 5.74) is 0. The van der Waals surface area contributed by atoms with Crippen LogP contribution < -0.4 is 0 Å². The van der Waals surface area contributed by atoms with Crippen LogP contribution in [-0.4, -0.2) is 40.5 Å². The summed E-state index contributed by atoms with van der Waals surface area (Å²) >= 11 is -2.32. The molecule has 0 aliphatic carbocycles. The molecule has 134 valence electrons. The van der Waals surface area contributed by atoms with E-state index in [9.17, 15) is 9.59 Å². The van der Waals surface area contributed by atoms with Gasteiger partial charge in [-0.15, -0.1) is 0 Å². The van der Waals surface area contributed by atoms with Gasteiger partial charge >= 0.3 is 145 Å². The van der Waals surface area contributed by atoms with Gasteiger partial charge in [-0.3, -0.25) is 0 Å². The zero-order valence-electron chi connectivity index (χ0n) is 15.0. The van der Waals surface area contributed by atoms with Gasteiger partial charge in [0.1, 0.15) is 0 Å². The molecule has 0 aliphatic rings. The van der Waals surface area contributed by atoms with Crippen molar-refractivity contribution in [2.24, 2.45) is 5.92 Å². The minimum atomic E-state index is -2.32. The Kier molecular flexibility index (Phi) is 12.6. The molecule has 0 spiro atoms. The summed E-state index contributed by atoms with van der Waals surface area (Å²) in [6, 6.07) is 0. The molecule has 0 saturated carbocycles. The van der Waals surface area contributed by atoms with Gasteiger partial charge in [-0.25, -0.2) is 0 Å². The summed E-state index contributed by atoms with van der Waals surface area (Å²) in [6.07, 6.45) is 10.7. The number of hydrogen-bond donors (Lipinski definition) is 2. The van der Waals surface area contributed by atoms with E-state index in [1.54, 1.807) is 0 Å². The third-order valence-electron chi connectivity index (χ3n) is 4.59. The Labute approximate surface area is 145 Å². The van der Waals surface area contributed by atoms with E-state index in [1.807, 2.05) is 6.08 Å². The van der Waals surface area contributed by atoms with Crippen LogP contribution in [0.25, 0.3) is 0 Å². The maximum absolute atomic E-state index is 11.0. The summed E-state index contributed by atoms with van der Waals surface area (Å²) in [4.78, 5) is 22.0. The fourth-order valence-electron chi connectivity index (χ4n) is 3.06. The van der Waals surface area contributed by atoms with Gasteiger partial charge in [0, 0.05) is 0 Å². The first kappa shape index (κ1) is 22.5. The molecule has 2 N–H and O–H groups in total. The summed E-state index contributed by atoms with van der Waals surface area (Å²) in [5, 5.41) is 18.0. The van der Waals surface area contributed by atoms with E-state index in [0.29, 0.717) is 0 Å². The Morgan fingerprint density at radius 3 is 1.57 bits per heavy atom. The van der Waals surface area contributed by atoms with Gasteiger partial charge in [-0.1, -0.05) is 0 Å². The molecule has 0 fully saturated rings. The van der Waals surface area contributed by atoms with Crippen LogP contribution in [0.2, 0.25) is 17.7 Å². The van der Waals surface area contributed by atoms with Gasteiger partial charge in [-0.05, 0) is 0 Å². The Balaban J connectivity index is 5.06. The van der Waals surface area contributed by atoms with E-state index in [2.05, 4.69) is 20.8 Å². The third kappa shape index (κ3) is 9.38. The number of carboxylic acids is 2. The molecule has 0 atom stereocenters. The summed E-state index contributed by atoms with van der Waals surface area (Å²) in [5.74, 6) is -3.95. The van der Waals surface area contributed by atoms with Crippen LogP contribution >= 0.6 is 0 Å². The van der Waals surface area contributed by atoms with Crippen LogP contribution in [0.3, 0.4) is 0 Å². The van der Waals surface area contributed by atoms with Crippen molar-refractivity contribution in [2.45, 2.75) is 77.0 Å². The number of carbonyl (C=O) groups is 2. The first-order chi connectivity index (χ1) is 10.9. The first-order valence-electron chi connectivity index (χ1n) is 9.04. The number of carboxylic acid groups (broad SMARTS) is 2. The topological polar surface area (TPSA) is 74.6 Å². The van der Waals surface area contributed by atoms with Gasteiger partial charge in [0.15, 0.2) is 0 Å². The predicted molar refractivity (Wildman–Crippen MR) is 97.6 cm³/mol. The van der Waals surface area contributed by atoms with Crippen LogP contribution in [0.4, 0.5) is 0 Å². The molecule has 4 nitrogen and oxygen atoms in total. The van der Waals surface area contributed by atoms with E-state index in [1.165, 1.54) is 57.9 Å². The average molecular weight is 433 g/mol. The molecule has 0 unspecified atom stereocenters.